The van der Waals surface area contributed by atoms with Crippen LogP contribution in [0.5, 0.6) is 0 Å². The maximum Gasteiger partial charge on any atom is 0.253 e. The maximum atomic E-state index is 14.8. The van der Waals surface area contributed by atoms with E-state index in [1.807, 2.05) is 44.6 Å². The molecule has 0 spiro atoms. The first kappa shape index (κ1) is 22.9. The Labute approximate surface area is 206 Å². The number of pyridine rings is 1. The Morgan fingerprint density at radius 3 is 2.63 bits per heavy atom. The highest BCUT2D eigenvalue weighted by molar-refractivity contribution is 7.15. The molecule has 0 aliphatic heterocycles. The SMILES string of the molecule is Cc1ccc(-c2cc(C(=O)NC(c3ccccc3F)c3nccn3C)c3cnn(C(C)C)c3n2)s1. The summed E-state index contributed by atoms with van der Waals surface area (Å²) in [5.41, 5.74) is 2.10. The molecule has 0 fully saturated rings. The monoisotopic (exact) mass is 488 g/mol. The second-order valence-electron chi connectivity index (χ2n) is 8.71. The molecule has 5 aromatic rings. The lowest BCUT2D eigenvalue weighted by Crippen LogP contribution is -2.32. The van der Waals surface area contributed by atoms with Gasteiger partial charge in [0.2, 0.25) is 0 Å². The van der Waals surface area contributed by atoms with Gasteiger partial charge in [0.25, 0.3) is 5.91 Å². The van der Waals surface area contributed by atoms with Crippen LogP contribution < -0.4 is 5.32 Å². The standard InChI is InChI=1S/C26H25FN6OS/c1-15(2)33-24-19(14-29-33)18(13-21(30-24)22-10-9-16(3)35-22)26(34)31-23(25-28-11-12-32(25)4)17-7-5-6-8-20(17)27/h5-15,23H,1-4H3,(H,31,34). The van der Waals surface area contributed by atoms with Gasteiger partial charge in [-0.15, -0.1) is 11.3 Å². The summed E-state index contributed by atoms with van der Waals surface area (Å²) in [5.74, 6) is -0.240. The fourth-order valence-electron chi connectivity index (χ4n) is 4.14. The molecule has 0 saturated heterocycles. The quantitative estimate of drug-likeness (QED) is 0.345. The Balaban J connectivity index is 1.64. The lowest BCUT2D eigenvalue weighted by atomic mass is 10.0. The van der Waals surface area contributed by atoms with Crippen molar-refractivity contribution in [2.24, 2.45) is 7.05 Å². The normalized spacial score (nSPS) is 12.4. The number of carbonyl (C=O) groups excluding carboxylic acids is 1. The van der Waals surface area contributed by atoms with Crippen LogP contribution in [0.1, 0.15) is 52.6 Å². The molecule has 1 atom stereocenters. The molecule has 35 heavy (non-hydrogen) atoms. The first-order valence-electron chi connectivity index (χ1n) is 11.3. The number of rotatable bonds is 6. The molecular weight excluding hydrogens is 463 g/mol. The molecule has 5 rings (SSSR count). The second kappa shape index (κ2) is 9.07. The smallest absolute Gasteiger partial charge is 0.253 e. The summed E-state index contributed by atoms with van der Waals surface area (Å²) in [6.45, 7) is 6.07. The summed E-state index contributed by atoms with van der Waals surface area (Å²) in [6.07, 6.45) is 5.06. The van der Waals surface area contributed by atoms with Crippen LogP contribution in [0.3, 0.4) is 0 Å². The topological polar surface area (TPSA) is 77.6 Å². The Bertz CT molecular complexity index is 1530. The van der Waals surface area contributed by atoms with E-state index in [0.29, 0.717) is 33.7 Å². The molecule has 0 radical (unpaired) electrons. The van der Waals surface area contributed by atoms with E-state index in [-0.39, 0.29) is 11.9 Å². The van der Waals surface area contributed by atoms with Crippen molar-refractivity contribution in [3.63, 3.8) is 0 Å². The molecule has 1 aromatic carbocycles. The number of nitrogens with one attached hydrogen (secondary N) is 1. The number of thiophene rings is 1. The molecule has 0 aliphatic rings. The van der Waals surface area contributed by atoms with E-state index in [4.69, 9.17) is 4.98 Å². The number of aromatic nitrogens is 5. The Morgan fingerprint density at radius 2 is 1.97 bits per heavy atom. The third-order valence-corrected chi connectivity index (χ3v) is 6.92. The lowest BCUT2D eigenvalue weighted by molar-refractivity contribution is 0.0942. The van der Waals surface area contributed by atoms with Crippen molar-refractivity contribution < 1.29 is 9.18 Å². The number of halogens is 1. The van der Waals surface area contributed by atoms with Crippen LogP contribution in [0.25, 0.3) is 21.6 Å². The highest BCUT2D eigenvalue weighted by atomic mass is 32.1. The maximum absolute atomic E-state index is 14.8. The first-order valence-corrected chi connectivity index (χ1v) is 12.1. The summed E-state index contributed by atoms with van der Waals surface area (Å²) in [4.78, 5) is 25.2. The molecule has 0 bridgehead atoms. The first-order chi connectivity index (χ1) is 16.8. The minimum absolute atomic E-state index is 0.0648. The van der Waals surface area contributed by atoms with E-state index in [2.05, 4.69) is 15.4 Å². The molecule has 7 nitrogen and oxygen atoms in total. The van der Waals surface area contributed by atoms with Gasteiger partial charge >= 0.3 is 0 Å². The van der Waals surface area contributed by atoms with Gasteiger partial charge in [-0.3, -0.25) is 4.79 Å². The summed E-state index contributed by atoms with van der Waals surface area (Å²) in [6, 6.07) is 11.5. The minimum atomic E-state index is -0.778. The van der Waals surface area contributed by atoms with Crippen LogP contribution >= 0.6 is 11.3 Å². The van der Waals surface area contributed by atoms with E-state index in [1.165, 1.54) is 6.07 Å². The fourth-order valence-corrected chi connectivity index (χ4v) is 4.97. The number of fused-ring (bicyclic) bond motifs is 1. The molecule has 1 amide bonds. The van der Waals surface area contributed by atoms with Crippen molar-refractivity contribution in [1.82, 2.24) is 29.6 Å². The van der Waals surface area contributed by atoms with Crippen LogP contribution in [-0.2, 0) is 7.05 Å². The third-order valence-electron chi connectivity index (χ3n) is 5.90. The van der Waals surface area contributed by atoms with Crippen molar-refractivity contribution >= 4 is 28.3 Å². The highest BCUT2D eigenvalue weighted by Crippen LogP contribution is 2.31. The van der Waals surface area contributed by atoms with Gasteiger partial charge in [-0.05, 0) is 45.0 Å². The summed E-state index contributed by atoms with van der Waals surface area (Å²) < 4.78 is 18.4. The average molecular weight is 489 g/mol. The van der Waals surface area contributed by atoms with Crippen molar-refractivity contribution in [2.45, 2.75) is 32.9 Å². The summed E-state index contributed by atoms with van der Waals surface area (Å²) >= 11 is 1.61. The lowest BCUT2D eigenvalue weighted by Gasteiger charge is -2.20. The number of aryl methyl sites for hydroxylation is 2. The van der Waals surface area contributed by atoms with Gasteiger partial charge in [0.15, 0.2) is 5.65 Å². The number of amides is 1. The summed E-state index contributed by atoms with van der Waals surface area (Å²) in [7, 11) is 1.82. The predicted molar refractivity (Wildman–Crippen MR) is 135 cm³/mol. The van der Waals surface area contributed by atoms with Crippen molar-refractivity contribution in [3.8, 4) is 10.6 Å². The number of hydrogen-bond donors (Lipinski definition) is 1. The zero-order valence-corrected chi connectivity index (χ0v) is 20.7. The molecule has 0 aliphatic carbocycles. The number of benzene rings is 1. The van der Waals surface area contributed by atoms with Gasteiger partial charge in [-0.25, -0.2) is 19.0 Å². The van der Waals surface area contributed by atoms with Crippen LogP contribution in [0, 0.1) is 12.7 Å². The Hall–Kier alpha value is -3.85. The van der Waals surface area contributed by atoms with Crippen LogP contribution in [0.15, 0.2) is 61.1 Å². The molecule has 1 N–H and O–H groups in total. The summed E-state index contributed by atoms with van der Waals surface area (Å²) in [5, 5.41) is 8.16. The zero-order valence-electron chi connectivity index (χ0n) is 19.9. The second-order valence-corrected chi connectivity index (χ2v) is 10.00. The van der Waals surface area contributed by atoms with Crippen LogP contribution in [-0.4, -0.2) is 30.2 Å². The van der Waals surface area contributed by atoms with Crippen molar-refractivity contribution in [1.29, 1.82) is 0 Å². The van der Waals surface area contributed by atoms with Crippen molar-refractivity contribution in [2.75, 3.05) is 0 Å². The van der Waals surface area contributed by atoms with Crippen molar-refractivity contribution in [3.05, 3.63) is 88.7 Å². The van der Waals surface area contributed by atoms with E-state index in [9.17, 15) is 9.18 Å². The number of imidazole rings is 1. The van der Waals surface area contributed by atoms with Gasteiger partial charge in [-0.2, -0.15) is 5.10 Å². The molecule has 178 valence electrons. The third kappa shape index (κ3) is 4.23. The fraction of sp³-hybridized carbons (Fsp3) is 0.231. The predicted octanol–water partition coefficient (Wildman–Crippen LogP) is 5.44. The van der Waals surface area contributed by atoms with Gasteiger partial charge in [0.1, 0.15) is 17.7 Å². The van der Waals surface area contributed by atoms with Gasteiger partial charge < -0.3 is 9.88 Å². The minimum Gasteiger partial charge on any atom is -0.338 e. The Morgan fingerprint density at radius 1 is 1.17 bits per heavy atom. The van der Waals surface area contributed by atoms with Gasteiger partial charge in [0.05, 0.1) is 27.7 Å². The molecular formula is C26H25FN6OS. The molecule has 4 aromatic heterocycles. The zero-order chi connectivity index (χ0) is 24.7. The average Bonchev–Trinajstić information content (AvgIpc) is 3.56. The number of carbonyl (C=O) groups is 1. The van der Waals surface area contributed by atoms with Gasteiger partial charge in [-0.1, -0.05) is 18.2 Å². The van der Waals surface area contributed by atoms with Crippen LogP contribution in [0.2, 0.25) is 0 Å². The van der Waals surface area contributed by atoms with Gasteiger partial charge in [0, 0.05) is 35.9 Å². The number of hydrogen-bond acceptors (Lipinski definition) is 5. The number of nitrogens with zero attached hydrogens (tertiary/aromatic N) is 5. The highest BCUT2D eigenvalue weighted by Gasteiger charge is 2.26. The Kier molecular flexibility index (Phi) is 5.94. The van der Waals surface area contributed by atoms with E-state index < -0.39 is 11.9 Å². The molecule has 4 heterocycles. The van der Waals surface area contributed by atoms with E-state index >= 15 is 0 Å². The molecule has 1 unspecified atom stereocenters. The largest absolute Gasteiger partial charge is 0.338 e. The van der Waals surface area contributed by atoms with E-state index in [0.717, 1.165) is 9.75 Å². The van der Waals surface area contributed by atoms with Crippen LogP contribution in [0.4, 0.5) is 4.39 Å². The van der Waals surface area contributed by atoms with E-state index in [1.54, 1.807) is 58.8 Å². The molecule has 9 heteroatoms. The molecule has 0 saturated carbocycles.